The van der Waals surface area contributed by atoms with Gasteiger partial charge in [-0.15, -0.1) is 0 Å². The number of methoxy groups -OCH3 is 1. The van der Waals surface area contributed by atoms with Crippen molar-refractivity contribution in [1.29, 1.82) is 0 Å². The van der Waals surface area contributed by atoms with E-state index in [1.807, 2.05) is 18.2 Å². The number of nitrogens with one attached hydrogen (secondary N) is 1. The average Bonchev–Trinajstić information content (AvgIpc) is 2.67. The highest BCUT2D eigenvalue weighted by molar-refractivity contribution is 5.76. The maximum atomic E-state index is 13.6. The molecule has 0 aliphatic rings. The van der Waals surface area contributed by atoms with Crippen molar-refractivity contribution in [2.75, 3.05) is 13.7 Å². The number of hydrogen-bond acceptors (Lipinski definition) is 3. The summed E-state index contributed by atoms with van der Waals surface area (Å²) in [5.74, 6) is 0.0240. The van der Waals surface area contributed by atoms with Crippen LogP contribution >= 0.6 is 0 Å². The molecule has 0 aliphatic heterocycles. The number of ether oxygens (including phenoxy) is 2. The molecule has 0 saturated heterocycles. The summed E-state index contributed by atoms with van der Waals surface area (Å²) >= 11 is 0. The summed E-state index contributed by atoms with van der Waals surface area (Å²) in [4.78, 5) is 12.0. The number of benzene rings is 2. The van der Waals surface area contributed by atoms with Gasteiger partial charge in [0.15, 0.2) is 11.5 Å². The Hall–Kier alpha value is -2.63. The number of rotatable bonds is 10. The molecule has 0 bridgehead atoms. The Labute approximate surface area is 158 Å². The molecule has 2 aromatic carbocycles. The van der Waals surface area contributed by atoms with E-state index in [0.717, 1.165) is 36.6 Å². The van der Waals surface area contributed by atoms with Gasteiger partial charge in [0.2, 0.25) is 5.91 Å². The molecule has 0 fully saturated rings. The minimum atomic E-state index is -0.514. The van der Waals surface area contributed by atoms with Crippen LogP contribution in [0.25, 0.3) is 0 Å². The van der Waals surface area contributed by atoms with Crippen LogP contribution in [-0.4, -0.2) is 19.6 Å². The third-order valence-corrected chi connectivity index (χ3v) is 4.10. The van der Waals surface area contributed by atoms with Gasteiger partial charge in [0.25, 0.3) is 0 Å². The highest BCUT2D eigenvalue weighted by atomic mass is 19.1. The molecule has 4 nitrogen and oxygen atoms in total. The number of carbonyl (C=O) groups excluding carboxylic acids is 1. The van der Waals surface area contributed by atoms with Crippen molar-refractivity contribution in [3.8, 4) is 11.5 Å². The Morgan fingerprint density at radius 3 is 2.67 bits per heavy atom. The van der Waals surface area contributed by atoms with Crippen LogP contribution in [0.15, 0.2) is 36.4 Å². The van der Waals surface area contributed by atoms with Crippen LogP contribution in [0.3, 0.4) is 0 Å². The van der Waals surface area contributed by atoms with Gasteiger partial charge in [0.1, 0.15) is 11.6 Å². The summed E-state index contributed by atoms with van der Waals surface area (Å²) in [6.45, 7) is 3.03. The highest BCUT2D eigenvalue weighted by Crippen LogP contribution is 2.28. The Morgan fingerprint density at radius 2 is 1.93 bits per heavy atom. The molecular weight excluding hydrogens is 352 g/mol. The molecule has 0 atom stereocenters. The lowest BCUT2D eigenvalue weighted by Gasteiger charge is -2.12. The lowest BCUT2D eigenvalue weighted by Crippen LogP contribution is -2.23. The summed E-state index contributed by atoms with van der Waals surface area (Å²) in [5, 5.41) is 2.77. The zero-order chi connectivity index (χ0) is 19.6. The van der Waals surface area contributed by atoms with Gasteiger partial charge in [-0.05, 0) is 54.3 Å². The van der Waals surface area contributed by atoms with Crippen molar-refractivity contribution >= 4 is 5.91 Å². The second kappa shape index (κ2) is 10.5. The van der Waals surface area contributed by atoms with Gasteiger partial charge < -0.3 is 14.8 Å². The van der Waals surface area contributed by atoms with Crippen LogP contribution in [0, 0.1) is 11.6 Å². The van der Waals surface area contributed by atoms with Crippen molar-refractivity contribution in [1.82, 2.24) is 5.32 Å². The van der Waals surface area contributed by atoms with E-state index in [0.29, 0.717) is 24.7 Å². The largest absolute Gasteiger partial charge is 0.493 e. The first-order valence-electron chi connectivity index (χ1n) is 9.03. The van der Waals surface area contributed by atoms with Crippen LogP contribution in [0.5, 0.6) is 11.5 Å². The van der Waals surface area contributed by atoms with Crippen LogP contribution in [0.1, 0.15) is 37.3 Å². The second-order valence-corrected chi connectivity index (χ2v) is 6.20. The molecule has 0 saturated carbocycles. The van der Waals surface area contributed by atoms with Crippen molar-refractivity contribution in [2.45, 2.75) is 39.2 Å². The number of amides is 1. The molecule has 0 unspecified atom stereocenters. The number of halogens is 2. The first-order chi connectivity index (χ1) is 13.0. The summed E-state index contributed by atoms with van der Waals surface area (Å²) in [7, 11) is 1.57. The Kier molecular flexibility index (Phi) is 8.04. The minimum absolute atomic E-state index is 0.0791. The second-order valence-electron chi connectivity index (χ2n) is 6.20. The molecule has 2 rings (SSSR count). The smallest absolute Gasteiger partial charge is 0.220 e. The normalized spacial score (nSPS) is 10.5. The predicted molar refractivity (Wildman–Crippen MR) is 99.9 cm³/mol. The van der Waals surface area contributed by atoms with E-state index >= 15 is 0 Å². The van der Waals surface area contributed by atoms with Crippen molar-refractivity contribution < 1.29 is 23.0 Å². The topological polar surface area (TPSA) is 47.6 Å². The monoisotopic (exact) mass is 377 g/mol. The van der Waals surface area contributed by atoms with Crippen molar-refractivity contribution in [2.24, 2.45) is 0 Å². The third kappa shape index (κ3) is 6.55. The molecule has 0 heterocycles. The first-order valence-corrected chi connectivity index (χ1v) is 9.03. The van der Waals surface area contributed by atoms with E-state index in [1.54, 1.807) is 7.11 Å². The van der Waals surface area contributed by atoms with E-state index < -0.39 is 11.6 Å². The summed E-state index contributed by atoms with van der Waals surface area (Å²) in [6, 6.07) is 8.73. The van der Waals surface area contributed by atoms with E-state index in [1.165, 1.54) is 0 Å². The minimum Gasteiger partial charge on any atom is -0.493 e. The molecule has 2 aromatic rings. The molecule has 0 radical (unpaired) electrons. The van der Waals surface area contributed by atoms with E-state index in [-0.39, 0.29) is 24.3 Å². The zero-order valence-electron chi connectivity index (χ0n) is 15.7. The molecule has 0 aromatic heterocycles. The molecule has 27 heavy (non-hydrogen) atoms. The molecule has 0 aliphatic carbocycles. The Morgan fingerprint density at radius 1 is 1.11 bits per heavy atom. The van der Waals surface area contributed by atoms with Gasteiger partial charge in [0, 0.05) is 13.0 Å². The molecular formula is C21H25F2NO3. The Bertz CT molecular complexity index is 765. The fraction of sp³-hybridized carbons (Fsp3) is 0.381. The van der Waals surface area contributed by atoms with Crippen molar-refractivity contribution in [3.05, 3.63) is 59.2 Å². The standard InChI is InChI=1S/C21H25F2NO3/c1-3-4-11-27-19-9-5-15(12-20(19)26-2)14-24-21(25)10-6-16-13-17(22)7-8-18(16)23/h5,7-9,12-13H,3-4,6,10-11,14H2,1-2H3,(H,24,25). The quantitative estimate of drug-likeness (QED) is 0.624. The number of unbranched alkanes of at least 4 members (excludes halogenated alkanes) is 1. The molecule has 6 heteroatoms. The van der Waals surface area contributed by atoms with Crippen LogP contribution in [0.4, 0.5) is 8.78 Å². The predicted octanol–water partition coefficient (Wildman–Crippen LogP) is 4.40. The number of aryl methyl sites for hydroxylation is 1. The van der Waals surface area contributed by atoms with E-state index in [9.17, 15) is 13.6 Å². The van der Waals surface area contributed by atoms with Gasteiger partial charge in [-0.2, -0.15) is 0 Å². The zero-order valence-corrected chi connectivity index (χ0v) is 15.7. The summed E-state index contributed by atoms with van der Waals surface area (Å²) < 4.78 is 37.7. The van der Waals surface area contributed by atoms with Gasteiger partial charge in [0.05, 0.1) is 13.7 Å². The highest BCUT2D eigenvalue weighted by Gasteiger charge is 2.09. The fourth-order valence-electron chi connectivity index (χ4n) is 2.54. The maximum Gasteiger partial charge on any atom is 0.220 e. The van der Waals surface area contributed by atoms with E-state index in [2.05, 4.69) is 12.2 Å². The number of hydrogen-bond donors (Lipinski definition) is 1. The van der Waals surface area contributed by atoms with Crippen LogP contribution in [-0.2, 0) is 17.8 Å². The SMILES string of the molecule is CCCCOc1ccc(CNC(=O)CCc2cc(F)ccc2F)cc1OC. The van der Waals surface area contributed by atoms with Crippen LogP contribution < -0.4 is 14.8 Å². The first kappa shape index (κ1) is 20.7. The van der Waals surface area contributed by atoms with E-state index in [4.69, 9.17) is 9.47 Å². The molecule has 0 spiro atoms. The summed E-state index contributed by atoms with van der Waals surface area (Å²) in [6.07, 6.45) is 2.23. The Balaban J connectivity index is 1.86. The van der Waals surface area contributed by atoms with Crippen LogP contribution in [0.2, 0.25) is 0 Å². The molecule has 1 amide bonds. The third-order valence-electron chi connectivity index (χ3n) is 4.10. The lowest BCUT2D eigenvalue weighted by molar-refractivity contribution is -0.121. The van der Waals surface area contributed by atoms with Gasteiger partial charge >= 0.3 is 0 Å². The number of carbonyl (C=O) groups is 1. The van der Waals surface area contributed by atoms with Gasteiger partial charge in [-0.1, -0.05) is 19.4 Å². The van der Waals surface area contributed by atoms with Gasteiger partial charge in [-0.3, -0.25) is 4.79 Å². The molecule has 1 N–H and O–H groups in total. The van der Waals surface area contributed by atoms with Gasteiger partial charge in [-0.25, -0.2) is 8.78 Å². The average molecular weight is 377 g/mol. The fourth-order valence-corrected chi connectivity index (χ4v) is 2.54. The van der Waals surface area contributed by atoms with Crippen molar-refractivity contribution in [3.63, 3.8) is 0 Å². The maximum absolute atomic E-state index is 13.6. The molecule has 146 valence electrons. The lowest BCUT2D eigenvalue weighted by atomic mass is 10.1. The summed E-state index contributed by atoms with van der Waals surface area (Å²) in [5.41, 5.74) is 1.06.